The minimum atomic E-state index is -0.109. The van der Waals surface area contributed by atoms with Gasteiger partial charge < -0.3 is 9.47 Å². The number of hydrogen-bond donors (Lipinski definition) is 0. The standard InChI is InChI=1S/C12H14O3/c1-14-9-5-3-4-8(6-9)10-7-11(10)12(13)15-2/h3-6,10-11H,7H2,1-2H3. The van der Waals surface area contributed by atoms with Gasteiger partial charge in [0.1, 0.15) is 5.75 Å². The molecule has 0 aromatic heterocycles. The van der Waals surface area contributed by atoms with Gasteiger partial charge in [-0.3, -0.25) is 4.79 Å². The Morgan fingerprint density at radius 1 is 1.40 bits per heavy atom. The Hall–Kier alpha value is -1.51. The second-order valence-electron chi connectivity index (χ2n) is 3.75. The van der Waals surface area contributed by atoms with E-state index in [-0.39, 0.29) is 11.9 Å². The lowest BCUT2D eigenvalue weighted by atomic mass is 10.1. The summed E-state index contributed by atoms with van der Waals surface area (Å²) in [7, 11) is 3.08. The quantitative estimate of drug-likeness (QED) is 0.709. The third-order valence-electron chi connectivity index (χ3n) is 2.82. The van der Waals surface area contributed by atoms with Crippen LogP contribution in [0.5, 0.6) is 5.75 Å². The second kappa shape index (κ2) is 3.93. The number of carbonyl (C=O) groups excluding carboxylic acids is 1. The zero-order valence-electron chi connectivity index (χ0n) is 8.90. The first-order chi connectivity index (χ1) is 7.26. The van der Waals surface area contributed by atoms with Crippen LogP contribution in [0.1, 0.15) is 17.9 Å². The summed E-state index contributed by atoms with van der Waals surface area (Å²) in [6.07, 6.45) is 0.889. The van der Waals surface area contributed by atoms with Crippen molar-refractivity contribution in [3.05, 3.63) is 29.8 Å². The summed E-state index contributed by atoms with van der Waals surface area (Å²) < 4.78 is 9.85. The van der Waals surface area contributed by atoms with Crippen LogP contribution < -0.4 is 4.74 Å². The fraction of sp³-hybridized carbons (Fsp3) is 0.417. The fourth-order valence-corrected chi connectivity index (χ4v) is 1.85. The van der Waals surface area contributed by atoms with Crippen LogP contribution in [0.3, 0.4) is 0 Å². The molecule has 0 heterocycles. The summed E-state index contributed by atoms with van der Waals surface area (Å²) >= 11 is 0. The molecule has 1 aliphatic carbocycles. The van der Waals surface area contributed by atoms with E-state index in [0.29, 0.717) is 5.92 Å². The molecular weight excluding hydrogens is 192 g/mol. The molecule has 2 atom stereocenters. The van der Waals surface area contributed by atoms with Gasteiger partial charge in [-0.05, 0) is 30.0 Å². The first-order valence-corrected chi connectivity index (χ1v) is 4.98. The molecule has 3 heteroatoms. The van der Waals surface area contributed by atoms with Gasteiger partial charge in [0.05, 0.1) is 20.1 Å². The molecule has 0 spiro atoms. The maximum atomic E-state index is 11.3. The average Bonchev–Trinajstić information content (AvgIpc) is 3.08. The van der Waals surface area contributed by atoms with Gasteiger partial charge >= 0.3 is 5.97 Å². The van der Waals surface area contributed by atoms with Gasteiger partial charge in [-0.15, -0.1) is 0 Å². The number of methoxy groups -OCH3 is 2. The van der Waals surface area contributed by atoms with E-state index >= 15 is 0 Å². The molecule has 2 rings (SSSR count). The van der Waals surface area contributed by atoms with E-state index in [1.54, 1.807) is 7.11 Å². The highest BCUT2D eigenvalue weighted by molar-refractivity contribution is 5.77. The van der Waals surface area contributed by atoms with Crippen molar-refractivity contribution in [2.45, 2.75) is 12.3 Å². The van der Waals surface area contributed by atoms with Crippen molar-refractivity contribution in [3.63, 3.8) is 0 Å². The largest absolute Gasteiger partial charge is 0.497 e. The van der Waals surface area contributed by atoms with E-state index in [1.807, 2.05) is 24.3 Å². The zero-order valence-corrected chi connectivity index (χ0v) is 8.90. The maximum Gasteiger partial charge on any atom is 0.309 e. The smallest absolute Gasteiger partial charge is 0.309 e. The molecule has 0 aliphatic heterocycles. The molecule has 1 aliphatic rings. The Morgan fingerprint density at radius 3 is 2.87 bits per heavy atom. The Balaban J connectivity index is 2.09. The summed E-state index contributed by atoms with van der Waals surface area (Å²) in [5.74, 6) is 1.08. The number of benzene rings is 1. The van der Waals surface area contributed by atoms with E-state index in [4.69, 9.17) is 9.47 Å². The number of carbonyl (C=O) groups is 1. The van der Waals surface area contributed by atoms with Crippen LogP contribution in [0.2, 0.25) is 0 Å². The monoisotopic (exact) mass is 206 g/mol. The SMILES string of the molecule is COC(=O)C1CC1c1cccc(OC)c1. The number of hydrogen-bond acceptors (Lipinski definition) is 3. The Bertz CT molecular complexity index is 373. The van der Waals surface area contributed by atoms with Gasteiger partial charge in [-0.2, -0.15) is 0 Å². The van der Waals surface area contributed by atoms with E-state index in [9.17, 15) is 4.79 Å². The maximum absolute atomic E-state index is 11.3. The molecule has 1 aromatic carbocycles. The summed E-state index contributed by atoms with van der Waals surface area (Å²) in [4.78, 5) is 11.3. The lowest BCUT2D eigenvalue weighted by Crippen LogP contribution is -2.03. The number of esters is 1. The minimum absolute atomic E-state index is 0.0436. The highest BCUT2D eigenvalue weighted by atomic mass is 16.5. The predicted molar refractivity (Wildman–Crippen MR) is 55.9 cm³/mol. The van der Waals surface area contributed by atoms with Crippen molar-refractivity contribution in [1.82, 2.24) is 0 Å². The molecule has 0 N–H and O–H groups in total. The first kappa shape index (κ1) is 10.0. The lowest BCUT2D eigenvalue weighted by molar-refractivity contribution is -0.142. The topological polar surface area (TPSA) is 35.5 Å². The minimum Gasteiger partial charge on any atom is -0.497 e. The first-order valence-electron chi connectivity index (χ1n) is 4.98. The normalized spacial score (nSPS) is 23.3. The third kappa shape index (κ3) is 1.96. The van der Waals surface area contributed by atoms with E-state index in [2.05, 4.69) is 0 Å². The molecule has 2 unspecified atom stereocenters. The van der Waals surface area contributed by atoms with E-state index < -0.39 is 0 Å². The highest BCUT2D eigenvalue weighted by Gasteiger charge is 2.44. The molecular formula is C12H14O3. The molecule has 1 fully saturated rings. The molecule has 0 radical (unpaired) electrons. The van der Waals surface area contributed by atoms with Gasteiger partial charge in [0, 0.05) is 0 Å². The van der Waals surface area contributed by atoms with Gasteiger partial charge in [-0.25, -0.2) is 0 Å². The highest BCUT2D eigenvalue weighted by Crippen LogP contribution is 2.48. The van der Waals surface area contributed by atoms with Crippen molar-refractivity contribution >= 4 is 5.97 Å². The molecule has 0 bridgehead atoms. The van der Waals surface area contributed by atoms with E-state index in [1.165, 1.54) is 7.11 Å². The van der Waals surface area contributed by atoms with Crippen molar-refractivity contribution in [2.24, 2.45) is 5.92 Å². The Labute approximate surface area is 89.0 Å². The number of rotatable bonds is 3. The van der Waals surface area contributed by atoms with Crippen LogP contribution >= 0.6 is 0 Å². The van der Waals surface area contributed by atoms with Gasteiger partial charge in [0.15, 0.2) is 0 Å². The molecule has 0 saturated heterocycles. The molecule has 1 saturated carbocycles. The van der Waals surface area contributed by atoms with Crippen LogP contribution in [0, 0.1) is 5.92 Å². The van der Waals surface area contributed by atoms with Crippen molar-refractivity contribution < 1.29 is 14.3 Å². The summed E-state index contributed by atoms with van der Waals surface area (Å²) in [6.45, 7) is 0. The van der Waals surface area contributed by atoms with Crippen molar-refractivity contribution in [3.8, 4) is 5.75 Å². The molecule has 0 amide bonds. The average molecular weight is 206 g/mol. The molecule has 1 aromatic rings. The Kier molecular flexibility index (Phi) is 2.62. The predicted octanol–water partition coefficient (Wildman–Crippen LogP) is 1.97. The van der Waals surface area contributed by atoms with Gasteiger partial charge in [0.2, 0.25) is 0 Å². The number of ether oxygens (including phenoxy) is 2. The summed E-state index contributed by atoms with van der Waals surface area (Å²) in [5, 5.41) is 0. The van der Waals surface area contributed by atoms with Crippen molar-refractivity contribution in [1.29, 1.82) is 0 Å². The second-order valence-corrected chi connectivity index (χ2v) is 3.75. The Morgan fingerprint density at radius 2 is 2.20 bits per heavy atom. The van der Waals surface area contributed by atoms with Crippen LogP contribution in [0.25, 0.3) is 0 Å². The van der Waals surface area contributed by atoms with E-state index in [0.717, 1.165) is 17.7 Å². The molecule has 15 heavy (non-hydrogen) atoms. The summed E-state index contributed by atoms with van der Waals surface area (Å²) in [6, 6.07) is 7.85. The van der Waals surface area contributed by atoms with Crippen LogP contribution in [-0.4, -0.2) is 20.2 Å². The van der Waals surface area contributed by atoms with Crippen LogP contribution in [-0.2, 0) is 9.53 Å². The van der Waals surface area contributed by atoms with Gasteiger partial charge in [-0.1, -0.05) is 12.1 Å². The summed E-state index contributed by atoms with van der Waals surface area (Å²) in [5.41, 5.74) is 1.16. The van der Waals surface area contributed by atoms with Gasteiger partial charge in [0.25, 0.3) is 0 Å². The molecule has 3 nitrogen and oxygen atoms in total. The molecule has 80 valence electrons. The fourth-order valence-electron chi connectivity index (χ4n) is 1.85. The zero-order chi connectivity index (χ0) is 10.8. The van der Waals surface area contributed by atoms with Crippen molar-refractivity contribution in [2.75, 3.05) is 14.2 Å². The van der Waals surface area contributed by atoms with Crippen LogP contribution in [0.4, 0.5) is 0 Å². The third-order valence-corrected chi connectivity index (χ3v) is 2.82. The van der Waals surface area contributed by atoms with Crippen LogP contribution in [0.15, 0.2) is 24.3 Å². The lowest BCUT2D eigenvalue weighted by Gasteiger charge is -2.03.